The fourth-order valence-corrected chi connectivity index (χ4v) is 4.23. The van der Waals surface area contributed by atoms with E-state index in [-0.39, 0.29) is 5.97 Å². The minimum absolute atomic E-state index is 0.279. The highest BCUT2D eigenvalue weighted by Gasteiger charge is 2.30. The molecule has 32 heavy (non-hydrogen) atoms. The summed E-state index contributed by atoms with van der Waals surface area (Å²) < 4.78 is 9.10. The van der Waals surface area contributed by atoms with E-state index >= 15 is 0 Å². The van der Waals surface area contributed by atoms with Crippen LogP contribution in [0.25, 0.3) is 10.9 Å². The third-order valence-electron chi connectivity index (χ3n) is 5.84. The zero-order valence-electron chi connectivity index (χ0n) is 19.3. The van der Waals surface area contributed by atoms with E-state index in [2.05, 4.69) is 26.1 Å². The highest BCUT2D eigenvalue weighted by molar-refractivity contribution is 5.84. The van der Waals surface area contributed by atoms with E-state index in [4.69, 9.17) is 4.74 Å². The fraction of sp³-hybridized carbons (Fsp3) is 0.375. The lowest BCUT2D eigenvalue weighted by Gasteiger charge is -2.30. The summed E-state index contributed by atoms with van der Waals surface area (Å²) in [4.78, 5) is 18.4. The summed E-state index contributed by atoms with van der Waals surface area (Å²) >= 11 is 0. The summed E-state index contributed by atoms with van der Waals surface area (Å²) in [6.45, 7) is 8.88. The zero-order valence-corrected chi connectivity index (χ0v) is 19.3. The number of benzene rings is 1. The molecule has 1 atom stereocenters. The molecule has 0 spiro atoms. The molecule has 168 valence electrons. The maximum Gasteiger partial charge on any atom is 0.323 e. The SMILES string of the molecule is COC(=O)C(Cc1c[nH]c2ccccc12)N(Cn1nc(C)cc1C)Cn1nc(C)cc1C. The first kappa shape index (κ1) is 21.8. The van der Waals surface area contributed by atoms with Gasteiger partial charge in [-0.1, -0.05) is 18.2 Å². The number of hydrogen-bond donors (Lipinski definition) is 1. The normalized spacial score (nSPS) is 12.6. The van der Waals surface area contributed by atoms with Crippen LogP contribution in [0.5, 0.6) is 0 Å². The molecule has 0 bridgehead atoms. The van der Waals surface area contributed by atoms with Crippen LogP contribution in [-0.2, 0) is 29.3 Å². The van der Waals surface area contributed by atoms with Crippen LogP contribution in [0.2, 0.25) is 0 Å². The minimum atomic E-state index is -0.507. The van der Waals surface area contributed by atoms with E-state index in [0.29, 0.717) is 19.8 Å². The van der Waals surface area contributed by atoms with Gasteiger partial charge in [0.05, 0.1) is 31.8 Å². The van der Waals surface area contributed by atoms with Crippen LogP contribution in [0.4, 0.5) is 0 Å². The summed E-state index contributed by atoms with van der Waals surface area (Å²) in [6, 6.07) is 11.7. The van der Waals surface area contributed by atoms with Gasteiger partial charge in [-0.05, 0) is 51.5 Å². The van der Waals surface area contributed by atoms with Crippen LogP contribution in [0.1, 0.15) is 28.3 Å². The number of para-hydroxylation sites is 1. The molecule has 0 radical (unpaired) electrons. The van der Waals surface area contributed by atoms with Crippen LogP contribution >= 0.6 is 0 Å². The van der Waals surface area contributed by atoms with Gasteiger partial charge in [0, 0.05) is 34.9 Å². The van der Waals surface area contributed by atoms with Gasteiger partial charge < -0.3 is 9.72 Å². The maximum absolute atomic E-state index is 13.0. The first-order chi connectivity index (χ1) is 15.4. The highest BCUT2D eigenvalue weighted by Crippen LogP contribution is 2.22. The van der Waals surface area contributed by atoms with Crippen molar-refractivity contribution in [2.45, 2.75) is 53.5 Å². The Labute approximate surface area is 187 Å². The smallest absolute Gasteiger partial charge is 0.323 e. The second-order valence-electron chi connectivity index (χ2n) is 8.33. The van der Waals surface area contributed by atoms with Crippen molar-refractivity contribution in [3.63, 3.8) is 0 Å². The zero-order chi connectivity index (χ0) is 22.8. The average Bonchev–Trinajstić information content (AvgIpc) is 3.41. The second kappa shape index (κ2) is 9.00. The monoisotopic (exact) mass is 434 g/mol. The van der Waals surface area contributed by atoms with E-state index in [1.54, 1.807) is 0 Å². The Hall–Kier alpha value is -3.39. The number of nitrogens with one attached hydrogen (secondary N) is 1. The lowest BCUT2D eigenvalue weighted by Crippen LogP contribution is -2.45. The van der Waals surface area contributed by atoms with Crippen molar-refractivity contribution in [1.82, 2.24) is 29.4 Å². The predicted octanol–water partition coefficient (Wildman–Crippen LogP) is 3.50. The van der Waals surface area contributed by atoms with E-state index in [0.717, 1.165) is 39.2 Å². The Balaban J connectivity index is 1.72. The van der Waals surface area contributed by atoms with Gasteiger partial charge in [-0.2, -0.15) is 10.2 Å². The van der Waals surface area contributed by atoms with Gasteiger partial charge in [-0.15, -0.1) is 0 Å². The van der Waals surface area contributed by atoms with Gasteiger partial charge in [0.25, 0.3) is 0 Å². The number of hydrogen-bond acceptors (Lipinski definition) is 5. The molecule has 3 aromatic heterocycles. The molecule has 8 nitrogen and oxygen atoms in total. The molecule has 8 heteroatoms. The van der Waals surface area contributed by atoms with E-state index < -0.39 is 6.04 Å². The van der Waals surface area contributed by atoms with Crippen molar-refractivity contribution >= 4 is 16.9 Å². The summed E-state index contributed by atoms with van der Waals surface area (Å²) in [7, 11) is 1.44. The summed E-state index contributed by atoms with van der Waals surface area (Å²) in [5, 5.41) is 10.4. The van der Waals surface area contributed by atoms with Gasteiger partial charge in [-0.3, -0.25) is 19.1 Å². The largest absolute Gasteiger partial charge is 0.468 e. The average molecular weight is 435 g/mol. The molecule has 0 saturated carbocycles. The Kier molecular flexibility index (Phi) is 6.14. The van der Waals surface area contributed by atoms with Crippen LogP contribution in [0, 0.1) is 27.7 Å². The Bertz CT molecular complexity index is 1190. The standard InChI is InChI=1S/C24H30N6O2/c1-16-10-18(3)29(26-16)14-28(15-30-19(4)11-17(2)27-30)23(24(31)32-5)12-20-13-25-22-9-7-6-8-21(20)22/h6-11,13,23,25H,12,14-15H2,1-5H3. The molecule has 1 N–H and O–H groups in total. The molecule has 1 aromatic carbocycles. The van der Waals surface area contributed by atoms with Gasteiger partial charge >= 0.3 is 5.97 Å². The number of H-pyrrole nitrogens is 1. The van der Waals surface area contributed by atoms with E-state index in [1.165, 1.54) is 7.11 Å². The highest BCUT2D eigenvalue weighted by atomic mass is 16.5. The second-order valence-corrected chi connectivity index (χ2v) is 8.33. The first-order valence-corrected chi connectivity index (χ1v) is 10.7. The number of aromatic nitrogens is 5. The molecule has 1 unspecified atom stereocenters. The van der Waals surface area contributed by atoms with Crippen LogP contribution < -0.4 is 0 Å². The van der Waals surface area contributed by atoms with Crippen LogP contribution in [-0.4, -0.2) is 48.6 Å². The third kappa shape index (κ3) is 4.45. The number of aryl methyl sites for hydroxylation is 4. The number of carbonyl (C=O) groups is 1. The molecule has 0 aliphatic carbocycles. The Morgan fingerprint density at radius 2 is 1.62 bits per heavy atom. The van der Waals surface area contributed by atoms with E-state index in [1.807, 2.05) is 73.6 Å². The number of carbonyl (C=O) groups excluding carboxylic acids is 1. The van der Waals surface area contributed by atoms with Gasteiger partial charge in [0.1, 0.15) is 6.04 Å². The van der Waals surface area contributed by atoms with E-state index in [9.17, 15) is 4.79 Å². The molecule has 0 aliphatic heterocycles. The first-order valence-electron chi connectivity index (χ1n) is 10.7. The molecule has 0 fully saturated rings. The maximum atomic E-state index is 13.0. The molecular formula is C24H30N6O2. The third-order valence-corrected chi connectivity index (χ3v) is 5.84. The number of esters is 1. The summed E-state index contributed by atoms with van der Waals surface area (Å²) in [6.07, 6.45) is 2.49. The number of nitrogens with zero attached hydrogens (tertiary/aromatic N) is 5. The molecule has 4 rings (SSSR count). The number of aromatic amines is 1. The Morgan fingerprint density at radius 1 is 1.03 bits per heavy atom. The number of rotatable bonds is 8. The molecule has 4 aromatic rings. The van der Waals surface area contributed by atoms with Crippen molar-refractivity contribution in [3.05, 3.63) is 70.9 Å². The van der Waals surface area contributed by atoms with Gasteiger partial charge in [0.2, 0.25) is 0 Å². The minimum Gasteiger partial charge on any atom is -0.468 e. The lowest BCUT2D eigenvalue weighted by atomic mass is 10.0. The number of fused-ring (bicyclic) bond motifs is 1. The quantitative estimate of drug-likeness (QED) is 0.429. The van der Waals surface area contributed by atoms with Gasteiger partial charge in [0.15, 0.2) is 0 Å². The fourth-order valence-electron chi connectivity index (χ4n) is 4.23. The van der Waals surface area contributed by atoms with Crippen LogP contribution in [0.15, 0.2) is 42.6 Å². The molecule has 0 amide bonds. The van der Waals surface area contributed by atoms with Crippen molar-refractivity contribution in [3.8, 4) is 0 Å². The van der Waals surface area contributed by atoms with Crippen LogP contribution in [0.3, 0.4) is 0 Å². The summed E-state index contributed by atoms with van der Waals surface area (Å²) in [5.41, 5.74) is 6.09. The van der Waals surface area contributed by atoms with Crippen molar-refractivity contribution < 1.29 is 9.53 Å². The molecule has 0 aliphatic rings. The predicted molar refractivity (Wildman–Crippen MR) is 123 cm³/mol. The van der Waals surface area contributed by atoms with Gasteiger partial charge in [-0.25, -0.2) is 0 Å². The van der Waals surface area contributed by atoms with Crippen molar-refractivity contribution in [2.24, 2.45) is 0 Å². The Morgan fingerprint density at radius 3 is 2.16 bits per heavy atom. The topological polar surface area (TPSA) is 81.0 Å². The molecular weight excluding hydrogens is 404 g/mol. The number of ether oxygens (including phenoxy) is 1. The lowest BCUT2D eigenvalue weighted by molar-refractivity contribution is -0.148. The summed E-state index contributed by atoms with van der Waals surface area (Å²) in [5.74, 6) is -0.279. The molecule has 0 saturated heterocycles. The number of methoxy groups -OCH3 is 1. The van der Waals surface area contributed by atoms with Crippen molar-refractivity contribution in [1.29, 1.82) is 0 Å². The molecule has 3 heterocycles. The van der Waals surface area contributed by atoms with Crippen molar-refractivity contribution in [2.75, 3.05) is 7.11 Å².